The highest BCUT2D eigenvalue weighted by atomic mass is 19.3. The minimum atomic E-state index is -2.60. The fourth-order valence-corrected chi connectivity index (χ4v) is 2.26. The number of rotatable bonds is 4. The molecule has 4 nitrogen and oxygen atoms in total. The molecule has 0 bridgehead atoms. The molecule has 2 N–H and O–H groups in total. The zero-order valence-corrected chi connectivity index (χ0v) is 10.4. The lowest BCUT2D eigenvalue weighted by Gasteiger charge is -2.29. The molecule has 2 rings (SSSR count). The maximum Gasteiger partial charge on any atom is 0.283 e. The molecule has 1 aliphatic heterocycles. The van der Waals surface area contributed by atoms with Gasteiger partial charge in [-0.2, -0.15) is 0 Å². The molecular weight excluding hydrogens is 238 g/mol. The summed E-state index contributed by atoms with van der Waals surface area (Å²) in [5.74, 6) is 0.636. The Morgan fingerprint density at radius 1 is 1.39 bits per heavy atom. The number of halogens is 2. The molecule has 6 heteroatoms. The molecule has 0 spiro atoms. The summed E-state index contributed by atoms with van der Waals surface area (Å²) in [6.07, 6.45) is 2.35. The first kappa shape index (κ1) is 13.1. The molecule has 2 atom stereocenters. The average Bonchev–Trinajstić information content (AvgIpc) is 2.40. The van der Waals surface area contributed by atoms with Crippen molar-refractivity contribution < 1.29 is 8.78 Å². The minimum Gasteiger partial charge on any atom is -0.366 e. The van der Waals surface area contributed by atoms with Crippen molar-refractivity contribution in [2.45, 2.75) is 32.2 Å². The Morgan fingerprint density at radius 3 is 2.83 bits per heavy atom. The van der Waals surface area contributed by atoms with Crippen molar-refractivity contribution in [3.63, 3.8) is 0 Å². The highest BCUT2D eigenvalue weighted by Gasteiger charge is 2.22. The van der Waals surface area contributed by atoms with Gasteiger partial charge in [-0.25, -0.2) is 18.7 Å². The summed E-state index contributed by atoms with van der Waals surface area (Å²) in [5, 5.41) is 6.38. The molecule has 1 saturated heterocycles. The van der Waals surface area contributed by atoms with Gasteiger partial charge in [-0.1, -0.05) is 0 Å². The van der Waals surface area contributed by atoms with Gasteiger partial charge in [-0.15, -0.1) is 0 Å². The predicted molar refractivity (Wildman–Crippen MR) is 65.7 cm³/mol. The van der Waals surface area contributed by atoms with E-state index in [0.29, 0.717) is 5.92 Å². The van der Waals surface area contributed by atoms with Crippen LogP contribution in [0, 0.1) is 5.92 Å². The van der Waals surface area contributed by atoms with Crippen molar-refractivity contribution in [3.8, 4) is 0 Å². The van der Waals surface area contributed by atoms with Gasteiger partial charge < -0.3 is 10.6 Å². The van der Waals surface area contributed by atoms with Gasteiger partial charge in [0.1, 0.15) is 5.69 Å². The summed E-state index contributed by atoms with van der Waals surface area (Å²) in [6, 6.07) is 0.104. The molecule has 2 unspecified atom stereocenters. The summed E-state index contributed by atoms with van der Waals surface area (Å²) >= 11 is 0. The summed E-state index contributed by atoms with van der Waals surface area (Å²) in [6.45, 7) is 3.96. The molecule has 0 aromatic carbocycles. The fraction of sp³-hybridized carbons (Fsp3) is 0.667. The SMILES string of the molecule is CC(Nc1nccnc1C(F)F)C1CCCNC1. The molecule has 1 fully saturated rings. The Balaban J connectivity index is 2.03. The van der Waals surface area contributed by atoms with Crippen molar-refractivity contribution in [2.75, 3.05) is 18.4 Å². The summed E-state index contributed by atoms with van der Waals surface area (Å²) in [5.41, 5.74) is -0.270. The summed E-state index contributed by atoms with van der Waals surface area (Å²) in [4.78, 5) is 7.65. The van der Waals surface area contributed by atoms with Crippen LogP contribution < -0.4 is 10.6 Å². The number of aromatic nitrogens is 2. The zero-order chi connectivity index (χ0) is 13.0. The van der Waals surface area contributed by atoms with Gasteiger partial charge in [0.2, 0.25) is 0 Å². The first-order valence-corrected chi connectivity index (χ1v) is 6.25. The van der Waals surface area contributed by atoms with Crippen molar-refractivity contribution in [1.82, 2.24) is 15.3 Å². The van der Waals surface area contributed by atoms with Crippen molar-refractivity contribution >= 4 is 5.82 Å². The lowest BCUT2D eigenvalue weighted by atomic mass is 9.93. The Hall–Kier alpha value is -1.30. The van der Waals surface area contributed by atoms with Gasteiger partial charge >= 0.3 is 0 Å². The molecular formula is C12H18F2N4. The van der Waals surface area contributed by atoms with E-state index in [2.05, 4.69) is 20.6 Å². The van der Waals surface area contributed by atoms with E-state index >= 15 is 0 Å². The van der Waals surface area contributed by atoms with Crippen LogP contribution in [-0.2, 0) is 0 Å². The van der Waals surface area contributed by atoms with E-state index in [0.717, 1.165) is 25.9 Å². The third-order valence-corrected chi connectivity index (χ3v) is 3.34. The van der Waals surface area contributed by atoms with Crippen LogP contribution in [0.15, 0.2) is 12.4 Å². The van der Waals surface area contributed by atoms with Crippen LogP contribution in [-0.4, -0.2) is 29.1 Å². The van der Waals surface area contributed by atoms with E-state index in [1.807, 2.05) is 6.92 Å². The quantitative estimate of drug-likeness (QED) is 0.867. The molecule has 0 amide bonds. The van der Waals surface area contributed by atoms with Crippen LogP contribution in [0.1, 0.15) is 31.9 Å². The van der Waals surface area contributed by atoms with E-state index in [4.69, 9.17) is 0 Å². The second-order valence-corrected chi connectivity index (χ2v) is 4.63. The topological polar surface area (TPSA) is 49.8 Å². The van der Waals surface area contributed by atoms with Crippen LogP contribution in [0.3, 0.4) is 0 Å². The molecule has 0 radical (unpaired) electrons. The molecule has 18 heavy (non-hydrogen) atoms. The largest absolute Gasteiger partial charge is 0.366 e. The van der Waals surface area contributed by atoms with Crippen LogP contribution in [0.2, 0.25) is 0 Å². The van der Waals surface area contributed by atoms with Gasteiger partial charge in [-0.3, -0.25) is 0 Å². The van der Waals surface area contributed by atoms with E-state index in [1.54, 1.807) is 0 Å². The van der Waals surface area contributed by atoms with Crippen LogP contribution in [0.4, 0.5) is 14.6 Å². The number of nitrogens with one attached hydrogen (secondary N) is 2. The molecule has 2 heterocycles. The molecule has 0 aliphatic carbocycles. The summed E-state index contributed by atoms with van der Waals surface area (Å²) in [7, 11) is 0. The smallest absolute Gasteiger partial charge is 0.283 e. The Kier molecular flexibility index (Phi) is 4.41. The number of alkyl halides is 2. The van der Waals surface area contributed by atoms with Crippen molar-refractivity contribution in [2.24, 2.45) is 5.92 Å². The van der Waals surface area contributed by atoms with E-state index in [-0.39, 0.29) is 17.6 Å². The Bertz CT molecular complexity index is 380. The highest BCUT2D eigenvalue weighted by molar-refractivity contribution is 5.41. The molecule has 1 aromatic heterocycles. The van der Waals surface area contributed by atoms with Crippen molar-refractivity contribution in [1.29, 1.82) is 0 Å². The predicted octanol–water partition coefficient (Wildman–Crippen LogP) is 2.21. The Labute approximate surface area is 105 Å². The number of hydrogen-bond donors (Lipinski definition) is 2. The van der Waals surface area contributed by atoms with E-state index < -0.39 is 6.43 Å². The number of anilines is 1. The monoisotopic (exact) mass is 256 g/mol. The zero-order valence-electron chi connectivity index (χ0n) is 10.4. The van der Waals surface area contributed by atoms with Crippen molar-refractivity contribution in [3.05, 3.63) is 18.1 Å². The lowest BCUT2D eigenvalue weighted by molar-refractivity contribution is 0.146. The second kappa shape index (κ2) is 6.04. The third-order valence-electron chi connectivity index (χ3n) is 3.34. The van der Waals surface area contributed by atoms with Gasteiger partial charge in [0, 0.05) is 18.4 Å². The molecule has 100 valence electrons. The lowest BCUT2D eigenvalue weighted by Crippen LogP contribution is -2.39. The maximum absolute atomic E-state index is 12.8. The van der Waals surface area contributed by atoms with E-state index in [1.165, 1.54) is 12.4 Å². The average molecular weight is 256 g/mol. The van der Waals surface area contributed by atoms with Crippen LogP contribution >= 0.6 is 0 Å². The van der Waals surface area contributed by atoms with Gasteiger partial charge in [-0.05, 0) is 38.8 Å². The second-order valence-electron chi connectivity index (χ2n) is 4.63. The first-order valence-electron chi connectivity index (χ1n) is 6.25. The molecule has 0 saturated carbocycles. The number of piperidine rings is 1. The summed E-state index contributed by atoms with van der Waals surface area (Å²) < 4.78 is 25.5. The molecule has 1 aliphatic rings. The van der Waals surface area contributed by atoms with Crippen LogP contribution in [0.25, 0.3) is 0 Å². The van der Waals surface area contributed by atoms with Crippen LogP contribution in [0.5, 0.6) is 0 Å². The standard InChI is InChI=1S/C12H18F2N4/c1-8(9-3-2-4-15-7-9)18-12-10(11(13)14)16-5-6-17-12/h5-6,8-9,11,15H,2-4,7H2,1H3,(H,17,18). The third kappa shape index (κ3) is 3.13. The maximum atomic E-state index is 12.8. The minimum absolute atomic E-state index is 0.104. The fourth-order valence-electron chi connectivity index (χ4n) is 2.26. The number of nitrogens with zero attached hydrogens (tertiary/aromatic N) is 2. The van der Waals surface area contributed by atoms with E-state index in [9.17, 15) is 8.78 Å². The highest BCUT2D eigenvalue weighted by Crippen LogP contribution is 2.24. The van der Waals surface area contributed by atoms with Gasteiger partial charge in [0.05, 0.1) is 0 Å². The first-order chi connectivity index (χ1) is 8.68. The molecule has 1 aromatic rings. The van der Waals surface area contributed by atoms with Gasteiger partial charge in [0.25, 0.3) is 6.43 Å². The van der Waals surface area contributed by atoms with Gasteiger partial charge in [0.15, 0.2) is 5.82 Å². The number of hydrogen-bond acceptors (Lipinski definition) is 4. The normalized spacial score (nSPS) is 21.9. The Morgan fingerprint density at radius 2 is 2.17 bits per heavy atom.